The molecule has 4 atom stereocenters. The van der Waals surface area contributed by atoms with Gasteiger partial charge in [0.2, 0.25) is 0 Å². The Balaban J connectivity index is 1.14. The molecule has 10 heteroatoms. The molecule has 4 aromatic carbocycles. The van der Waals surface area contributed by atoms with Gasteiger partial charge in [0.15, 0.2) is 17.5 Å². The van der Waals surface area contributed by atoms with E-state index in [2.05, 4.69) is 59.6 Å². The highest BCUT2D eigenvalue weighted by Gasteiger charge is 2.28. The highest BCUT2D eigenvalue weighted by molar-refractivity contribution is 6.01. The molecule has 2 aliphatic heterocycles. The van der Waals surface area contributed by atoms with Gasteiger partial charge in [-0.25, -0.2) is 0 Å². The van der Waals surface area contributed by atoms with Crippen LogP contribution >= 0.6 is 0 Å². The number of guanidine groups is 1. The van der Waals surface area contributed by atoms with Crippen molar-refractivity contribution in [3.05, 3.63) is 124 Å². The first-order chi connectivity index (χ1) is 29.1. The number of ether oxygens (including phenoxy) is 3. The zero-order valence-corrected chi connectivity index (χ0v) is 34.7. The number of phenolic OH excluding ortho intramolecular Hbond substituents is 1. The highest BCUT2D eigenvalue weighted by atomic mass is 16.5. The maximum Gasteiger partial charge on any atom is 0.192 e. The molecule has 6 N–H and O–H groups in total. The maximum atomic E-state index is 13.7. The summed E-state index contributed by atoms with van der Waals surface area (Å²) in [5, 5.41) is 37.6. The third-order valence-electron chi connectivity index (χ3n) is 12.0. The lowest BCUT2D eigenvalue weighted by Gasteiger charge is -2.28. The topological polar surface area (TPSA) is 156 Å². The van der Waals surface area contributed by atoms with E-state index in [4.69, 9.17) is 19.9 Å². The lowest BCUT2D eigenvalue weighted by molar-refractivity contribution is -0.121. The number of fused-ring (bicyclic) bond motifs is 9. The molecule has 4 aliphatic rings. The van der Waals surface area contributed by atoms with Gasteiger partial charge in [0.05, 0.1) is 13.7 Å². The first-order valence-electron chi connectivity index (χ1n) is 20.9. The van der Waals surface area contributed by atoms with Crippen molar-refractivity contribution in [1.82, 2.24) is 0 Å². The normalized spacial score (nSPS) is 20.3. The molecule has 6 bridgehead atoms. The van der Waals surface area contributed by atoms with Crippen LogP contribution < -0.4 is 20.5 Å². The van der Waals surface area contributed by atoms with Crippen molar-refractivity contribution in [2.75, 3.05) is 19.5 Å². The minimum Gasteiger partial charge on any atom is -0.508 e. The highest BCUT2D eigenvalue weighted by Crippen LogP contribution is 2.43. The zero-order chi connectivity index (χ0) is 42.2. The quantitative estimate of drug-likeness (QED) is 0.0457. The molecule has 60 heavy (non-hydrogen) atoms. The Morgan fingerprint density at radius 2 is 1.90 bits per heavy atom. The number of nitrogens with one attached hydrogen (secondary N) is 1. The van der Waals surface area contributed by atoms with Crippen LogP contribution in [-0.4, -0.2) is 47.3 Å². The second kappa shape index (κ2) is 19.3. The standard InChI is InChI=1S/C50H55N3O7/c1-31-13-19-42-45-30-60-48-23-33(15-20-47(48)58-3)14-17-39(56)27-40(59-21-7-12-41-44(26-36(45)29-54)49(42)43(31)28-46(41)57)25-35-24-38(55)18-16-34(35)10-5-4-8-32-9-6-11-37(22-32)53-50(51)52-2/h6,9,11,13,15-16,18-20,22-24,26,28,31,34-35,40,54-55,57H,4-5,8,10,12,14,17,25,27,29-30H2,1-3H3,(H3,51,52,53). The predicted octanol–water partition coefficient (Wildman–Crippen LogP) is 8.95. The van der Waals surface area contributed by atoms with Crippen LogP contribution in [0.3, 0.4) is 0 Å². The van der Waals surface area contributed by atoms with E-state index in [0.29, 0.717) is 47.8 Å². The number of nitrogens with zero attached hydrogens (tertiary/aromatic N) is 1. The van der Waals surface area contributed by atoms with Gasteiger partial charge in [-0.15, -0.1) is 0 Å². The van der Waals surface area contributed by atoms with Crippen molar-refractivity contribution in [3.63, 3.8) is 0 Å². The van der Waals surface area contributed by atoms with E-state index in [1.54, 1.807) is 20.2 Å². The van der Waals surface area contributed by atoms with Gasteiger partial charge in [0, 0.05) is 49.0 Å². The summed E-state index contributed by atoms with van der Waals surface area (Å²) in [7, 11) is 3.24. The van der Waals surface area contributed by atoms with Crippen LogP contribution in [0.1, 0.15) is 90.3 Å². The number of hydrogen-bond donors (Lipinski definition) is 5. The number of aliphatic hydroxyl groups is 2. The first kappa shape index (κ1) is 42.0. The van der Waals surface area contributed by atoms with Gasteiger partial charge in [-0.2, -0.15) is 0 Å². The molecule has 0 amide bonds. The number of nitrogens with two attached hydrogens (primary N) is 1. The van der Waals surface area contributed by atoms with E-state index in [1.165, 1.54) is 5.56 Å². The Morgan fingerprint density at radius 3 is 2.72 bits per heavy atom. The monoisotopic (exact) mass is 809 g/mol. The number of benzene rings is 4. The Labute approximate surface area is 352 Å². The first-order valence-corrected chi connectivity index (χ1v) is 20.9. The van der Waals surface area contributed by atoms with Gasteiger partial charge in [0.1, 0.15) is 36.1 Å². The van der Waals surface area contributed by atoms with Crippen molar-refractivity contribution in [1.29, 1.82) is 0 Å². The summed E-state index contributed by atoms with van der Waals surface area (Å²) < 4.78 is 18.4. The molecule has 0 saturated carbocycles. The summed E-state index contributed by atoms with van der Waals surface area (Å²) in [6.07, 6.45) is 17.7. The number of Topliss-reactive ketones (excluding diaryl/α,β-unsaturated/α-hetero) is 1. The molecular weight excluding hydrogens is 755 g/mol. The zero-order valence-electron chi connectivity index (χ0n) is 34.7. The third kappa shape index (κ3) is 9.81. The SMILES string of the molecule is CN=C(N)Nc1cccc(CCCCC2C=CC(O)=CC2CC2CC(=O)CCc3ccc(OC)c(c3)OCc3c(CO)cc4c(c(O)cc5c4c3C=CC5C)CC#CO2)c1. The minimum atomic E-state index is -0.529. The van der Waals surface area contributed by atoms with E-state index in [0.717, 1.165) is 64.4 Å². The van der Waals surface area contributed by atoms with Crippen LogP contribution in [0.2, 0.25) is 0 Å². The molecule has 312 valence electrons. The van der Waals surface area contributed by atoms with Gasteiger partial charge >= 0.3 is 0 Å². The Hall–Kier alpha value is -6.18. The fraction of sp³-hybridized carbons (Fsp3) is 0.360. The number of anilines is 1. The fourth-order valence-electron chi connectivity index (χ4n) is 8.72. The van der Waals surface area contributed by atoms with Gasteiger partial charge < -0.3 is 40.6 Å². The lowest BCUT2D eigenvalue weighted by Crippen LogP contribution is -2.24. The molecule has 0 radical (unpaired) electrons. The number of phenols is 1. The second-order valence-corrected chi connectivity index (χ2v) is 16.0. The summed E-state index contributed by atoms with van der Waals surface area (Å²) in [5.74, 6) is 5.15. The van der Waals surface area contributed by atoms with Gasteiger partial charge in [-0.1, -0.05) is 55.7 Å². The summed E-state index contributed by atoms with van der Waals surface area (Å²) in [5.41, 5.74) is 13.0. The Bertz CT molecular complexity index is 2420. The largest absolute Gasteiger partial charge is 0.508 e. The maximum absolute atomic E-state index is 13.7. The van der Waals surface area contributed by atoms with Crippen LogP contribution in [0, 0.1) is 23.9 Å². The fourth-order valence-corrected chi connectivity index (χ4v) is 8.72. The Morgan fingerprint density at radius 1 is 1.03 bits per heavy atom. The van der Waals surface area contributed by atoms with Crippen molar-refractivity contribution in [2.45, 2.75) is 89.9 Å². The van der Waals surface area contributed by atoms with Gasteiger partial charge in [-0.05, 0) is 131 Å². The molecule has 10 nitrogen and oxygen atoms in total. The van der Waals surface area contributed by atoms with E-state index in [9.17, 15) is 20.1 Å². The molecule has 2 heterocycles. The molecule has 8 rings (SSSR count). The van der Waals surface area contributed by atoms with Crippen LogP contribution in [0.4, 0.5) is 5.69 Å². The predicted molar refractivity (Wildman–Crippen MR) is 237 cm³/mol. The second-order valence-electron chi connectivity index (χ2n) is 16.0. The summed E-state index contributed by atoms with van der Waals surface area (Å²) in [4.78, 5) is 17.7. The lowest BCUT2D eigenvalue weighted by atomic mass is 9.80. The number of aliphatic hydroxyl groups excluding tert-OH is 2. The van der Waals surface area contributed by atoms with E-state index in [1.807, 2.05) is 48.5 Å². The Kier molecular flexibility index (Phi) is 13.5. The van der Waals surface area contributed by atoms with Crippen LogP contribution in [0.25, 0.3) is 16.8 Å². The smallest absolute Gasteiger partial charge is 0.192 e. The molecule has 4 aromatic rings. The van der Waals surface area contributed by atoms with Crippen LogP contribution in [-0.2, 0) is 42.0 Å². The number of carbonyl (C=O) groups is 1. The molecule has 0 aromatic heterocycles. The molecular formula is C50H55N3O7. The number of aliphatic imine (C=N–C) groups is 1. The number of ketones is 1. The number of rotatable bonds is 10. The van der Waals surface area contributed by atoms with Gasteiger partial charge in [-0.3, -0.25) is 9.79 Å². The molecule has 2 aliphatic carbocycles. The number of aromatic hydroxyl groups is 1. The molecule has 4 unspecified atom stereocenters. The number of unbranched alkanes of at least 4 members (excludes halogenated alkanes) is 1. The van der Waals surface area contributed by atoms with Crippen LogP contribution in [0.15, 0.2) is 89.7 Å². The van der Waals surface area contributed by atoms with E-state index in [-0.39, 0.29) is 61.1 Å². The van der Waals surface area contributed by atoms with E-state index < -0.39 is 6.10 Å². The van der Waals surface area contributed by atoms with Crippen molar-refractivity contribution in [2.24, 2.45) is 22.6 Å². The third-order valence-corrected chi connectivity index (χ3v) is 12.0. The number of methoxy groups -OCH3 is 1. The van der Waals surface area contributed by atoms with Crippen molar-refractivity contribution < 1.29 is 34.3 Å². The molecule has 0 spiro atoms. The number of allylic oxidation sites excluding steroid dienone is 4. The number of aryl methyl sites for hydroxylation is 2. The number of carbonyl (C=O) groups excluding carboxylic acids is 1. The minimum absolute atomic E-state index is 0.0433. The number of hydrogen-bond acceptors (Lipinski definition) is 8. The molecule has 0 saturated heterocycles. The van der Waals surface area contributed by atoms with Crippen LogP contribution in [0.5, 0.6) is 17.2 Å². The van der Waals surface area contributed by atoms with Crippen molar-refractivity contribution in [3.8, 4) is 29.3 Å². The van der Waals surface area contributed by atoms with E-state index >= 15 is 0 Å². The average Bonchev–Trinajstić information content (AvgIpc) is 3.24. The van der Waals surface area contributed by atoms with Crippen molar-refractivity contribution >= 4 is 34.3 Å². The average molecular weight is 810 g/mol. The summed E-state index contributed by atoms with van der Waals surface area (Å²) >= 11 is 0. The summed E-state index contributed by atoms with van der Waals surface area (Å²) in [6.45, 7) is 2.06. The summed E-state index contributed by atoms with van der Waals surface area (Å²) in [6, 6.07) is 17.7. The van der Waals surface area contributed by atoms with Gasteiger partial charge in [0.25, 0.3) is 0 Å². The molecule has 0 fully saturated rings.